The zero-order valence-corrected chi connectivity index (χ0v) is 10.6. The van der Waals surface area contributed by atoms with Crippen LogP contribution in [0.1, 0.15) is 18.8 Å². The predicted octanol–water partition coefficient (Wildman–Crippen LogP) is -0.202. The van der Waals surface area contributed by atoms with E-state index in [0.29, 0.717) is 0 Å². The summed E-state index contributed by atoms with van der Waals surface area (Å²) in [6.07, 6.45) is 1.73. The van der Waals surface area contributed by atoms with E-state index in [2.05, 4.69) is 27.3 Å². The molecule has 6 heteroatoms. The summed E-state index contributed by atoms with van der Waals surface area (Å²) in [6.45, 7) is 7.95. The quantitative estimate of drug-likeness (QED) is 0.771. The predicted molar refractivity (Wildman–Crippen MR) is 64.7 cm³/mol. The van der Waals surface area contributed by atoms with Crippen molar-refractivity contribution in [3.8, 4) is 0 Å². The molecule has 1 aliphatic rings. The number of morpholine rings is 1. The van der Waals surface area contributed by atoms with E-state index in [-0.39, 0.29) is 6.04 Å². The molecule has 0 saturated carbocycles. The number of aromatic nitrogens is 3. The second kappa shape index (κ2) is 6.09. The topological polar surface area (TPSA) is 55.2 Å². The molecule has 1 saturated heterocycles. The van der Waals surface area contributed by atoms with E-state index in [1.54, 1.807) is 6.33 Å². The van der Waals surface area contributed by atoms with E-state index in [1.165, 1.54) is 0 Å². The van der Waals surface area contributed by atoms with Crippen molar-refractivity contribution in [3.05, 3.63) is 12.2 Å². The third kappa shape index (κ3) is 3.49. The van der Waals surface area contributed by atoms with Gasteiger partial charge in [-0.2, -0.15) is 0 Å². The van der Waals surface area contributed by atoms with Crippen molar-refractivity contribution in [1.82, 2.24) is 25.0 Å². The van der Waals surface area contributed by atoms with Crippen LogP contribution in [-0.2, 0) is 11.8 Å². The SMILES string of the molecule is CC(NCCN1CCOCC1)c1nncn1C. The van der Waals surface area contributed by atoms with Gasteiger partial charge in [0.15, 0.2) is 0 Å². The minimum absolute atomic E-state index is 0.239. The van der Waals surface area contributed by atoms with Crippen LogP contribution < -0.4 is 5.32 Å². The fourth-order valence-corrected chi connectivity index (χ4v) is 2.04. The minimum Gasteiger partial charge on any atom is -0.379 e. The van der Waals surface area contributed by atoms with Crippen molar-refractivity contribution < 1.29 is 4.74 Å². The Morgan fingerprint density at radius 1 is 1.47 bits per heavy atom. The lowest BCUT2D eigenvalue weighted by Crippen LogP contribution is -2.40. The van der Waals surface area contributed by atoms with Gasteiger partial charge >= 0.3 is 0 Å². The van der Waals surface area contributed by atoms with Gasteiger partial charge in [0, 0.05) is 33.2 Å². The van der Waals surface area contributed by atoms with Gasteiger partial charge in [-0.15, -0.1) is 10.2 Å². The fraction of sp³-hybridized carbons (Fsp3) is 0.818. The van der Waals surface area contributed by atoms with Crippen molar-refractivity contribution in [2.45, 2.75) is 13.0 Å². The van der Waals surface area contributed by atoms with Crippen LogP contribution in [0.5, 0.6) is 0 Å². The van der Waals surface area contributed by atoms with Gasteiger partial charge in [-0.3, -0.25) is 4.90 Å². The molecule has 2 rings (SSSR count). The Hall–Kier alpha value is -0.980. The van der Waals surface area contributed by atoms with E-state index < -0.39 is 0 Å². The van der Waals surface area contributed by atoms with Crippen LogP contribution in [-0.4, -0.2) is 59.1 Å². The number of rotatable bonds is 5. The van der Waals surface area contributed by atoms with E-state index in [0.717, 1.165) is 45.2 Å². The van der Waals surface area contributed by atoms with Crippen molar-refractivity contribution >= 4 is 0 Å². The highest BCUT2D eigenvalue weighted by Crippen LogP contribution is 2.06. The lowest BCUT2D eigenvalue weighted by molar-refractivity contribution is 0.0381. The third-order valence-corrected chi connectivity index (χ3v) is 3.12. The van der Waals surface area contributed by atoms with Gasteiger partial charge in [0.2, 0.25) is 0 Å². The molecule has 1 aromatic heterocycles. The van der Waals surface area contributed by atoms with Gasteiger partial charge in [0.05, 0.1) is 19.3 Å². The molecule has 17 heavy (non-hydrogen) atoms. The summed E-state index contributed by atoms with van der Waals surface area (Å²) in [5.41, 5.74) is 0. The Bertz CT molecular complexity index is 334. The maximum absolute atomic E-state index is 5.32. The summed E-state index contributed by atoms with van der Waals surface area (Å²) in [7, 11) is 1.97. The van der Waals surface area contributed by atoms with Gasteiger partial charge in [0.1, 0.15) is 12.2 Å². The molecular weight excluding hydrogens is 218 g/mol. The smallest absolute Gasteiger partial charge is 0.149 e. The van der Waals surface area contributed by atoms with E-state index in [9.17, 15) is 0 Å². The van der Waals surface area contributed by atoms with E-state index in [4.69, 9.17) is 4.74 Å². The number of hydrogen-bond acceptors (Lipinski definition) is 5. The molecule has 0 aliphatic carbocycles. The first-order valence-electron chi connectivity index (χ1n) is 6.15. The first-order chi connectivity index (χ1) is 8.27. The number of aryl methyl sites for hydroxylation is 1. The summed E-state index contributed by atoms with van der Waals surface area (Å²) in [5, 5.41) is 11.5. The van der Waals surface area contributed by atoms with E-state index in [1.807, 2.05) is 11.6 Å². The number of hydrogen-bond donors (Lipinski definition) is 1. The van der Waals surface area contributed by atoms with Crippen molar-refractivity contribution in [3.63, 3.8) is 0 Å². The molecule has 0 radical (unpaired) electrons. The summed E-state index contributed by atoms with van der Waals surface area (Å²) in [5.74, 6) is 0.979. The number of ether oxygens (including phenoxy) is 1. The molecule has 1 unspecified atom stereocenters. The second-order valence-corrected chi connectivity index (χ2v) is 4.43. The highest BCUT2D eigenvalue weighted by molar-refractivity contribution is 4.91. The first kappa shape index (κ1) is 12.5. The Balaban J connectivity index is 1.69. The highest BCUT2D eigenvalue weighted by Gasteiger charge is 2.12. The molecular formula is C11H21N5O. The maximum Gasteiger partial charge on any atom is 0.149 e. The molecule has 96 valence electrons. The Kier molecular flexibility index (Phi) is 4.47. The monoisotopic (exact) mass is 239 g/mol. The molecule has 0 amide bonds. The molecule has 1 fully saturated rings. The molecule has 0 bridgehead atoms. The van der Waals surface area contributed by atoms with Crippen LogP contribution in [0, 0.1) is 0 Å². The minimum atomic E-state index is 0.239. The van der Waals surface area contributed by atoms with Crippen LogP contribution in [0.25, 0.3) is 0 Å². The van der Waals surface area contributed by atoms with Crippen LogP contribution in [0.4, 0.5) is 0 Å². The van der Waals surface area contributed by atoms with Crippen LogP contribution >= 0.6 is 0 Å². The van der Waals surface area contributed by atoms with Crippen LogP contribution in [0.3, 0.4) is 0 Å². The largest absolute Gasteiger partial charge is 0.379 e. The van der Waals surface area contributed by atoms with E-state index >= 15 is 0 Å². The standard InChI is InChI=1S/C11H21N5O/c1-10(11-14-13-9-15(11)2)12-3-4-16-5-7-17-8-6-16/h9-10,12H,3-8H2,1-2H3. The first-order valence-corrected chi connectivity index (χ1v) is 6.15. The molecule has 2 heterocycles. The lowest BCUT2D eigenvalue weighted by Gasteiger charge is -2.27. The summed E-state index contributed by atoms with van der Waals surface area (Å²) in [6, 6.07) is 0.239. The zero-order valence-electron chi connectivity index (χ0n) is 10.6. The summed E-state index contributed by atoms with van der Waals surface area (Å²) < 4.78 is 7.27. The Labute approximate surface area is 102 Å². The Morgan fingerprint density at radius 3 is 2.88 bits per heavy atom. The Morgan fingerprint density at radius 2 is 2.24 bits per heavy atom. The van der Waals surface area contributed by atoms with Crippen LogP contribution in [0.2, 0.25) is 0 Å². The molecule has 1 aromatic rings. The number of nitrogens with zero attached hydrogens (tertiary/aromatic N) is 4. The van der Waals surface area contributed by atoms with Crippen LogP contribution in [0.15, 0.2) is 6.33 Å². The molecule has 1 N–H and O–H groups in total. The van der Waals surface area contributed by atoms with Gasteiger partial charge < -0.3 is 14.6 Å². The van der Waals surface area contributed by atoms with Gasteiger partial charge in [-0.1, -0.05) is 0 Å². The summed E-state index contributed by atoms with van der Waals surface area (Å²) in [4.78, 5) is 2.42. The van der Waals surface area contributed by atoms with Gasteiger partial charge in [-0.25, -0.2) is 0 Å². The lowest BCUT2D eigenvalue weighted by atomic mass is 10.3. The van der Waals surface area contributed by atoms with Crippen molar-refractivity contribution in [2.24, 2.45) is 7.05 Å². The average molecular weight is 239 g/mol. The molecule has 6 nitrogen and oxygen atoms in total. The van der Waals surface area contributed by atoms with Gasteiger partial charge in [-0.05, 0) is 6.92 Å². The third-order valence-electron chi connectivity index (χ3n) is 3.12. The highest BCUT2D eigenvalue weighted by atomic mass is 16.5. The molecule has 1 aliphatic heterocycles. The zero-order chi connectivity index (χ0) is 12.1. The number of nitrogens with one attached hydrogen (secondary N) is 1. The van der Waals surface area contributed by atoms with Crippen molar-refractivity contribution in [2.75, 3.05) is 39.4 Å². The fourth-order valence-electron chi connectivity index (χ4n) is 2.04. The average Bonchev–Trinajstić information content (AvgIpc) is 2.77. The molecule has 0 spiro atoms. The summed E-state index contributed by atoms with van der Waals surface area (Å²) >= 11 is 0. The second-order valence-electron chi connectivity index (χ2n) is 4.43. The molecule has 0 aromatic carbocycles. The van der Waals surface area contributed by atoms with Crippen molar-refractivity contribution in [1.29, 1.82) is 0 Å². The normalized spacial score (nSPS) is 19.4. The maximum atomic E-state index is 5.32. The molecule has 1 atom stereocenters. The van der Waals surface area contributed by atoms with Gasteiger partial charge in [0.25, 0.3) is 0 Å².